The Morgan fingerprint density at radius 1 is 1.58 bits per heavy atom. The summed E-state index contributed by atoms with van der Waals surface area (Å²) in [7, 11) is -2.01. The van der Waals surface area contributed by atoms with Crippen LogP contribution in [0.15, 0.2) is 16.7 Å². The third-order valence-electron chi connectivity index (χ3n) is 3.00. The van der Waals surface area contributed by atoms with Crippen molar-refractivity contribution in [3.05, 3.63) is 22.4 Å². The van der Waals surface area contributed by atoms with Crippen molar-refractivity contribution in [2.75, 3.05) is 13.2 Å². The molecule has 6 nitrogen and oxygen atoms in total. The molecule has 0 spiro atoms. The maximum absolute atomic E-state index is 12.1. The fourth-order valence-electron chi connectivity index (χ4n) is 1.97. The summed E-state index contributed by atoms with van der Waals surface area (Å²) in [4.78, 5) is 12.0. The molecule has 0 aromatic carbocycles. The third-order valence-corrected chi connectivity index (χ3v) is 5.15. The Labute approximate surface area is 120 Å². The minimum absolute atomic E-state index is 0.138. The van der Waals surface area contributed by atoms with Crippen LogP contribution in [0.25, 0.3) is 0 Å². The molecule has 0 aliphatic carbocycles. The van der Waals surface area contributed by atoms with Crippen molar-refractivity contribution in [2.24, 2.45) is 7.05 Å². The van der Waals surface area contributed by atoms with Crippen LogP contribution in [0.5, 0.6) is 0 Å². The fraction of sp³-hybridized carbons (Fsp3) is 0.545. The first kappa shape index (κ1) is 14.5. The van der Waals surface area contributed by atoms with Gasteiger partial charge in [-0.2, -0.15) is 0 Å². The second kappa shape index (κ2) is 5.64. The number of aromatic nitrogens is 1. The number of aryl methyl sites for hydroxylation is 1. The van der Waals surface area contributed by atoms with E-state index in [1.165, 1.54) is 0 Å². The highest BCUT2D eigenvalue weighted by Crippen LogP contribution is 2.16. The third kappa shape index (κ3) is 3.37. The molecule has 0 bridgehead atoms. The minimum Gasteiger partial charge on any atom is -0.380 e. The lowest BCUT2D eigenvalue weighted by Gasteiger charge is -2.22. The van der Waals surface area contributed by atoms with Gasteiger partial charge in [-0.1, -0.05) is 0 Å². The molecule has 1 N–H and O–H groups in total. The minimum atomic E-state index is -3.69. The van der Waals surface area contributed by atoms with E-state index in [2.05, 4.69) is 20.7 Å². The molecule has 1 aliphatic rings. The molecule has 0 saturated carbocycles. The van der Waals surface area contributed by atoms with Crippen molar-refractivity contribution in [2.45, 2.75) is 18.1 Å². The molecule has 2 heterocycles. The van der Waals surface area contributed by atoms with Crippen molar-refractivity contribution in [1.82, 2.24) is 9.29 Å². The van der Waals surface area contributed by atoms with Crippen LogP contribution in [0.2, 0.25) is 0 Å². The average Bonchev–Trinajstić information content (AvgIpc) is 2.69. The van der Waals surface area contributed by atoms with Gasteiger partial charge < -0.3 is 9.30 Å². The number of nitrogens with zero attached hydrogens (tertiary/aromatic N) is 1. The molecule has 2 rings (SSSR count). The second-order valence-electron chi connectivity index (χ2n) is 4.47. The van der Waals surface area contributed by atoms with E-state index < -0.39 is 21.2 Å². The van der Waals surface area contributed by atoms with Crippen molar-refractivity contribution in [3.8, 4) is 0 Å². The average molecular weight is 351 g/mol. The summed E-state index contributed by atoms with van der Waals surface area (Å²) in [6.45, 7) is 0.712. The number of nitrogens with one attached hydrogen (secondary N) is 1. The molecule has 1 fully saturated rings. The Kier molecular flexibility index (Phi) is 4.32. The molecule has 1 amide bonds. The normalized spacial score (nSPS) is 20.2. The number of hydrogen-bond donors (Lipinski definition) is 1. The molecule has 1 aromatic rings. The molecule has 8 heteroatoms. The van der Waals surface area contributed by atoms with E-state index in [1.54, 1.807) is 23.9 Å². The monoisotopic (exact) mass is 350 g/mol. The molecule has 1 aromatic heterocycles. The molecule has 19 heavy (non-hydrogen) atoms. The number of halogens is 1. The van der Waals surface area contributed by atoms with Gasteiger partial charge in [0.05, 0.1) is 6.61 Å². The quantitative estimate of drug-likeness (QED) is 0.882. The molecule has 0 radical (unpaired) electrons. The van der Waals surface area contributed by atoms with Gasteiger partial charge in [-0.25, -0.2) is 13.1 Å². The first-order chi connectivity index (χ1) is 8.90. The number of carbonyl (C=O) groups excluding carboxylic acids is 1. The number of amides is 1. The van der Waals surface area contributed by atoms with Gasteiger partial charge in [0, 0.05) is 24.3 Å². The van der Waals surface area contributed by atoms with Crippen LogP contribution in [-0.4, -0.2) is 37.4 Å². The molecule has 1 saturated heterocycles. The predicted molar refractivity (Wildman–Crippen MR) is 73.3 cm³/mol. The van der Waals surface area contributed by atoms with Crippen LogP contribution in [0.1, 0.15) is 23.3 Å². The molecule has 106 valence electrons. The van der Waals surface area contributed by atoms with E-state index in [4.69, 9.17) is 4.74 Å². The summed E-state index contributed by atoms with van der Waals surface area (Å²) in [5.41, 5.74) is 0.284. The Hall–Kier alpha value is -0.860. The summed E-state index contributed by atoms with van der Waals surface area (Å²) in [5.74, 6) is -0.626. The molecular formula is C11H15BrN2O4S. The van der Waals surface area contributed by atoms with E-state index >= 15 is 0 Å². The SMILES string of the molecule is Cn1cc(Br)cc1C(=O)NS(=O)(=O)C1CCCOC1. The largest absolute Gasteiger partial charge is 0.380 e. The molecule has 1 unspecified atom stereocenters. The van der Waals surface area contributed by atoms with E-state index in [1.807, 2.05) is 0 Å². The summed E-state index contributed by atoms with van der Waals surface area (Å²) in [5, 5.41) is -0.658. The summed E-state index contributed by atoms with van der Waals surface area (Å²) < 4.78 is 33.6. The van der Waals surface area contributed by atoms with Crippen LogP contribution in [0.4, 0.5) is 0 Å². The van der Waals surface area contributed by atoms with Crippen LogP contribution in [0, 0.1) is 0 Å². The van der Waals surface area contributed by atoms with Gasteiger partial charge in [-0.05, 0) is 34.8 Å². The number of carbonyl (C=O) groups is 1. The number of sulfonamides is 1. The van der Waals surface area contributed by atoms with Crippen molar-refractivity contribution < 1.29 is 17.9 Å². The summed E-state index contributed by atoms with van der Waals surface area (Å²) >= 11 is 3.24. The Morgan fingerprint density at radius 3 is 2.84 bits per heavy atom. The fourth-order valence-corrected chi connectivity index (χ4v) is 3.78. The topological polar surface area (TPSA) is 77.4 Å². The van der Waals surface area contributed by atoms with Crippen LogP contribution in [0.3, 0.4) is 0 Å². The first-order valence-electron chi connectivity index (χ1n) is 5.86. The lowest BCUT2D eigenvalue weighted by Crippen LogP contribution is -2.42. The maximum Gasteiger partial charge on any atom is 0.281 e. The van der Waals surface area contributed by atoms with Gasteiger partial charge >= 0.3 is 0 Å². The van der Waals surface area contributed by atoms with Crippen LogP contribution < -0.4 is 4.72 Å². The first-order valence-corrected chi connectivity index (χ1v) is 8.19. The Balaban J connectivity index is 2.11. The number of hydrogen-bond acceptors (Lipinski definition) is 4. The van der Waals surface area contributed by atoms with Gasteiger partial charge in [-0.3, -0.25) is 4.79 Å². The Bertz CT molecular complexity index is 576. The molecule has 1 aliphatic heterocycles. The van der Waals surface area contributed by atoms with E-state index in [0.717, 1.165) is 4.47 Å². The van der Waals surface area contributed by atoms with E-state index in [9.17, 15) is 13.2 Å². The van der Waals surface area contributed by atoms with Gasteiger partial charge in [-0.15, -0.1) is 0 Å². The lowest BCUT2D eigenvalue weighted by molar-refractivity contribution is 0.0948. The predicted octanol–water partition coefficient (Wildman–Crippen LogP) is 1.03. The summed E-state index contributed by atoms with van der Waals surface area (Å²) in [6.07, 6.45) is 2.89. The Morgan fingerprint density at radius 2 is 2.32 bits per heavy atom. The van der Waals surface area contributed by atoms with Crippen molar-refractivity contribution in [3.63, 3.8) is 0 Å². The van der Waals surface area contributed by atoms with Gasteiger partial charge in [0.2, 0.25) is 10.0 Å². The standard InChI is InChI=1S/C11H15BrN2O4S/c1-14-6-8(12)5-10(14)11(15)13-19(16,17)9-3-2-4-18-7-9/h5-6,9H,2-4,7H2,1H3,(H,13,15). The van der Waals surface area contributed by atoms with Gasteiger partial charge in [0.1, 0.15) is 10.9 Å². The zero-order valence-electron chi connectivity index (χ0n) is 10.4. The van der Waals surface area contributed by atoms with Crippen molar-refractivity contribution in [1.29, 1.82) is 0 Å². The molecular weight excluding hydrogens is 336 g/mol. The number of ether oxygens (including phenoxy) is 1. The summed E-state index contributed by atoms with van der Waals surface area (Å²) in [6, 6.07) is 1.57. The van der Waals surface area contributed by atoms with E-state index in [0.29, 0.717) is 19.4 Å². The smallest absolute Gasteiger partial charge is 0.281 e. The maximum atomic E-state index is 12.1. The zero-order chi connectivity index (χ0) is 14.0. The van der Waals surface area contributed by atoms with Gasteiger partial charge in [0.25, 0.3) is 5.91 Å². The van der Waals surface area contributed by atoms with E-state index in [-0.39, 0.29) is 12.3 Å². The molecule has 1 atom stereocenters. The van der Waals surface area contributed by atoms with Crippen molar-refractivity contribution >= 4 is 31.9 Å². The van der Waals surface area contributed by atoms with Crippen LogP contribution >= 0.6 is 15.9 Å². The number of rotatable bonds is 3. The zero-order valence-corrected chi connectivity index (χ0v) is 12.8. The lowest BCUT2D eigenvalue weighted by atomic mass is 10.2. The second-order valence-corrected chi connectivity index (χ2v) is 7.35. The highest BCUT2D eigenvalue weighted by Gasteiger charge is 2.30. The highest BCUT2D eigenvalue weighted by molar-refractivity contribution is 9.10. The highest BCUT2D eigenvalue weighted by atomic mass is 79.9. The van der Waals surface area contributed by atoms with Crippen LogP contribution in [-0.2, 0) is 21.8 Å². The van der Waals surface area contributed by atoms with Gasteiger partial charge in [0.15, 0.2) is 0 Å².